The van der Waals surface area contributed by atoms with Crippen molar-refractivity contribution in [1.29, 1.82) is 0 Å². The molecule has 4 rings (SSSR count). The number of likely N-dealkylation sites (tertiary alicyclic amines) is 1. The molecule has 31 heavy (non-hydrogen) atoms. The lowest BCUT2D eigenvalue weighted by Gasteiger charge is -2.31. The van der Waals surface area contributed by atoms with Crippen molar-refractivity contribution >= 4 is 38.5 Å². The lowest BCUT2D eigenvalue weighted by Crippen LogP contribution is -2.44. The molecule has 7 heteroatoms. The van der Waals surface area contributed by atoms with E-state index in [1.165, 1.54) is 0 Å². The van der Waals surface area contributed by atoms with Gasteiger partial charge in [-0.15, -0.1) is 0 Å². The number of nitrogens with one attached hydrogen (secondary N) is 1. The van der Waals surface area contributed by atoms with Crippen LogP contribution in [0, 0.1) is 5.92 Å². The van der Waals surface area contributed by atoms with E-state index in [9.17, 15) is 9.59 Å². The minimum Gasteiger partial charge on any atom is -0.484 e. The molecule has 0 spiro atoms. The highest BCUT2D eigenvalue weighted by Gasteiger charge is 2.27. The van der Waals surface area contributed by atoms with E-state index in [2.05, 4.69) is 26.2 Å². The van der Waals surface area contributed by atoms with E-state index in [-0.39, 0.29) is 24.3 Å². The first kappa shape index (κ1) is 21.3. The number of carbonyl (C=O) groups is 2. The second kappa shape index (κ2) is 9.92. The number of benzene rings is 2. The Kier molecular flexibility index (Phi) is 6.82. The topological polar surface area (TPSA) is 71.5 Å². The number of carbonyl (C=O) groups excluding carboxylic acids is 2. The van der Waals surface area contributed by atoms with Crippen LogP contribution in [0.5, 0.6) is 5.75 Å². The maximum Gasteiger partial charge on any atom is 0.260 e. The van der Waals surface area contributed by atoms with Gasteiger partial charge in [0.15, 0.2) is 6.61 Å². The maximum atomic E-state index is 12.6. The zero-order chi connectivity index (χ0) is 21.6. The van der Waals surface area contributed by atoms with E-state index in [4.69, 9.17) is 4.74 Å². The Morgan fingerprint density at radius 2 is 1.87 bits per heavy atom. The van der Waals surface area contributed by atoms with Gasteiger partial charge in [0.2, 0.25) is 5.91 Å². The minimum atomic E-state index is -0.0681. The second-order valence-corrected chi connectivity index (χ2v) is 8.59. The third-order valence-corrected chi connectivity index (χ3v) is 6.04. The quantitative estimate of drug-likeness (QED) is 0.578. The third-order valence-electron chi connectivity index (χ3n) is 5.54. The molecule has 1 aromatic heterocycles. The summed E-state index contributed by atoms with van der Waals surface area (Å²) in [5.74, 6) is 0.592. The Bertz CT molecular complexity index is 1070. The zero-order valence-electron chi connectivity index (χ0n) is 17.1. The number of amides is 2. The highest BCUT2D eigenvalue weighted by atomic mass is 79.9. The van der Waals surface area contributed by atoms with E-state index in [0.29, 0.717) is 38.2 Å². The Hall–Kier alpha value is -2.93. The molecule has 1 fully saturated rings. The zero-order valence-corrected chi connectivity index (χ0v) is 18.7. The van der Waals surface area contributed by atoms with Gasteiger partial charge in [-0.3, -0.25) is 14.6 Å². The first-order chi connectivity index (χ1) is 15.1. The van der Waals surface area contributed by atoms with Crippen molar-refractivity contribution in [3.05, 3.63) is 71.0 Å². The fraction of sp³-hybridized carbons (Fsp3) is 0.292. The molecule has 2 heterocycles. The molecular weight excluding hydrogens is 458 g/mol. The molecule has 0 saturated carbocycles. The normalized spacial score (nSPS) is 14.4. The van der Waals surface area contributed by atoms with Gasteiger partial charge in [-0.2, -0.15) is 0 Å². The average molecular weight is 482 g/mol. The van der Waals surface area contributed by atoms with Crippen LogP contribution in [0.3, 0.4) is 0 Å². The summed E-state index contributed by atoms with van der Waals surface area (Å²) in [5.41, 5.74) is 0.974. The number of ether oxygens (including phenoxy) is 1. The van der Waals surface area contributed by atoms with Crippen LogP contribution in [0.15, 0.2) is 65.4 Å². The number of fused-ring (bicyclic) bond motifs is 1. The van der Waals surface area contributed by atoms with E-state index in [1.54, 1.807) is 17.3 Å². The van der Waals surface area contributed by atoms with Crippen molar-refractivity contribution in [2.45, 2.75) is 19.4 Å². The van der Waals surface area contributed by atoms with Crippen LogP contribution in [0.25, 0.3) is 10.8 Å². The van der Waals surface area contributed by atoms with Gasteiger partial charge in [0, 0.05) is 42.4 Å². The van der Waals surface area contributed by atoms with E-state index in [0.717, 1.165) is 20.8 Å². The fourth-order valence-corrected chi connectivity index (χ4v) is 4.13. The minimum absolute atomic E-state index is 0.0000943. The Morgan fingerprint density at radius 3 is 2.65 bits per heavy atom. The maximum absolute atomic E-state index is 12.6. The van der Waals surface area contributed by atoms with Crippen molar-refractivity contribution in [2.75, 3.05) is 19.7 Å². The molecule has 0 radical (unpaired) electrons. The van der Waals surface area contributed by atoms with Crippen molar-refractivity contribution < 1.29 is 14.3 Å². The van der Waals surface area contributed by atoms with E-state index < -0.39 is 0 Å². The Balaban J connectivity index is 1.23. The molecule has 3 aromatic rings. The molecule has 0 aliphatic carbocycles. The SMILES string of the molecule is O=C(NCc1cccnc1)C1CCN(C(=O)COc2ccc3cc(Br)ccc3c2)CC1. The Labute approximate surface area is 189 Å². The standard InChI is InChI=1S/C24H24BrN3O3/c25-21-5-3-20-13-22(6-4-19(20)12-21)31-16-23(29)28-10-7-18(8-11-28)24(30)27-15-17-2-1-9-26-14-17/h1-6,9,12-14,18H,7-8,10-11,15-16H2,(H,27,30). The number of hydrogen-bond acceptors (Lipinski definition) is 4. The van der Waals surface area contributed by atoms with Crippen LogP contribution in [0.2, 0.25) is 0 Å². The van der Waals surface area contributed by atoms with Gasteiger partial charge in [-0.05, 0) is 59.5 Å². The molecule has 1 aliphatic rings. The number of rotatable bonds is 6. The average Bonchev–Trinajstić information content (AvgIpc) is 2.81. The Morgan fingerprint density at radius 1 is 1.10 bits per heavy atom. The molecule has 1 saturated heterocycles. The third kappa shape index (κ3) is 5.61. The highest BCUT2D eigenvalue weighted by molar-refractivity contribution is 9.10. The monoisotopic (exact) mass is 481 g/mol. The molecule has 6 nitrogen and oxygen atoms in total. The first-order valence-electron chi connectivity index (χ1n) is 10.3. The largest absolute Gasteiger partial charge is 0.484 e. The van der Waals surface area contributed by atoms with Crippen LogP contribution in [-0.4, -0.2) is 41.4 Å². The summed E-state index contributed by atoms with van der Waals surface area (Å²) in [7, 11) is 0. The van der Waals surface area contributed by atoms with Crippen LogP contribution in [0.1, 0.15) is 18.4 Å². The number of nitrogens with zero attached hydrogens (tertiary/aromatic N) is 2. The molecule has 1 aliphatic heterocycles. The number of piperidine rings is 1. The predicted octanol–water partition coefficient (Wildman–Crippen LogP) is 3.93. The molecule has 2 aromatic carbocycles. The highest BCUT2D eigenvalue weighted by Crippen LogP contribution is 2.24. The van der Waals surface area contributed by atoms with Crippen LogP contribution < -0.4 is 10.1 Å². The van der Waals surface area contributed by atoms with Gasteiger partial charge in [0.1, 0.15) is 5.75 Å². The number of halogens is 1. The summed E-state index contributed by atoms with van der Waals surface area (Å²) in [6.45, 7) is 1.61. The lowest BCUT2D eigenvalue weighted by atomic mass is 9.96. The molecular formula is C24H24BrN3O3. The van der Waals surface area contributed by atoms with E-state index >= 15 is 0 Å². The summed E-state index contributed by atoms with van der Waals surface area (Å²) >= 11 is 3.47. The summed E-state index contributed by atoms with van der Waals surface area (Å²) in [5, 5.41) is 5.14. The van der Waals surface area contributed by atoms with Crippen LogP contribution in [0.4, 0.5) is 0 Å². The fourth-order valence-electron chi connectivity index (χ4n) is 3.75. The van der Waals surface area contributed by atoms with Gasteiger partial charge in [-0.25, -0.2) is 0 Å². The summed E-state index contributed by atoms with van der Waals surface area (Å²) < 4.78 is 6.76. The molecule has 160 valence electrons. The van der Waals surface area contributed by atoms with Gasteiger partial charge >= 0.3 is 0 Å². The molecule has 0 unspecified atom stereocenters. The lowest BCUT2D eigenvalue weighted by molar-refractivity contribution is -0.137. The second-order valence-electron chi connectivity index (χ2n) is 7.68. The number of pyridine rings is 1. The van der Waals surface area contributed by atoms with Gasteiger partial charge < -0.3 is 15.0 Å². The van der Waals surface area contributed by atoms with Gasteiger partial charge in [0.05, 0.1) is 0 Å². The summed E-state index contributed by atoms with van der Waals surface area (Å²) in [4.78, 5) is 30.8. The molecule has 1 N–H and O–H groups in total. The van der Waals surface area contributed by atoms with Gasteiger partial charge in [-0.1, -0.05) is 34.1 Å². The van der Waals surface area contributed by atoms with Crippen LogP contribution in [-0.2, 0) is 16.1 Å². The molecule has 0 bridgehead atoms. The van der Waals surface area contributed by atoms with E-state index in [1.807, 2.05) is 48.5 Å². The molecule has 2 amide bonds. The van der Waals surface area contributed by atoms with Crippen LogP contribution >= 0.6 is 15.9 Å². The first-order valence-corrected chi connectivity index (χ1v) is 11.1. The summed E-state index contributed by atoms with van der Waals surface area (Å²) in [6, 6.07) is 15.6. The van der Waals surface area contributed by atoms with Gasteiger partial charge in [0.25, 0.3) is 5.91 Å². The number of aromatic nitrogens is 1. The summed E-state index contributed by atoms with van der Waals surface area (Å²) in [6.07, 6.45) is 4.78. The van der Waals surface area contributed by atoms with Crippen molar-refractivity contribution in [2.24, 2.45) is 5.92 Å². The molecule has 0 atom stereocenters. The number of hydrogen-bond donors (Lipinski definition) is 1. The smallest absolute Gasteiger partial charge is 0.260 e. The van der Waals surface area contributed by atoms with Crippen molar-refractivity contribution in [3.8, 4) is 5.75 Å². The predicted molar refractivity (Wildman–Crippen MR) is 123 cm³/mol. The van der Waals surface area contributed by atoms with Crippen molar-refractivity contribution in [3.63, 3.8) is 0 Å². The van der Waals surface area contributed by atoms with Crippen molar-refractivity contribution in [1.82, 2.24) is 15.2 Å².